The first-order valence-electron chi connectivity index (χ1n) is 5.21. The van der Waals surface area contributed by atoms with Gasteiger partial charge in [-0.1, -0.05) is 13.8 Å². The summed E-state index contributed by atoms with van der Waals surface area (Å²) in [5.41, 5.74) is 7.04. The predicted octanol–water partition coefficient (Wildman–Crippen LogP) is 1.37. The van der Waals surface area contributed by atoms with Crippen LogP contribution in [-0.2, 0) is 0 Å². The van der Waals surface area contributed by atoms with Crippen LogP contribution in [0.15, 0.2) is 12.3 Å². The van der Waals surface area contributed by atoms with Gasteiger partial charge < -0.3 is 16.0 Å². The maximum Gasteiger partial charge on any atom is 0.267 e. The van der Waals surface area contributed by atoms with Crippen molar-refractivity contribution in [2.45, 2.75) is 20.3 Å². The number of H-pyrrole nitrogens is 1. The van der Waals surface area contributed by atoms with Crippen LogP contribution < -0.4 is 11.1 Å². The van der Waals surface area contributed by atoms with Crippen LogP contribution in [0.4, 0.5) is 5.69 Å². The lowest BCUT2D eigenvalue weighted by atomic mass is 10.1. The molecule has 1 amide bonds. The van der Waals surface area contributed by atoms with Crippen LogP contribution in [0.1, 0.15) is 30.8 Å². The first-order valence-corrected chi connectivity index (χ1v) is 5.21. The molecule has 1 heterocycles. The zero-order valence-corrected chi connectivity index (χ0v) is 9.13. The fourth-order valence-corrected chi connectivity index (χ4v) is 1.78. The molecule has 1 atom stereocenters. The number of aromatic amines is 1. The molecule has 0 spiro atoms. The van der Waals surface area contributed by atoms with Gasteiger partial charge in [-0.05, 0) is 23.8 Å². The fraction of sp³-hybridized carbons (Fsp3) is 0.545. The molecule has 1 fully saturated rings. The molecule has 0 bridgehead atoms. The van der Waals surface area contributed by atoms with Gasteiger partial charge in [0.05, 0.1) is 0 Å². The summed E-state index contributed by atoms with van der Waals surface area (Å²) in [4.78, 5) is 14.4. The molecule has 2 rings (SSSR count). The molecular weight excluding hydrogens is 190 g/mol. The third-order valence-electron chi connectivity index (χ3n) is 3.18. The minimum atomic E-state index is -0.0746. The summed E-state index contributed by atoms with van der Waals surface area (Å²) in [7, 11) is 0. The van der Waals surface area contributed by atoms with Gasteiger partial charge in [0.2, 0.25) is 0 Å². The molecule has 15 heavy (non-hydrogen) atoms. The molecule has 1 aliphatic carbocycles. The fourth-order valence-electron chi connectivity index (χ4n) is 1.78. The predicted molar refractivity (Wildman–Crippen MR) is 59.4 cm³/mol. The Labute approximate surface area is 89.2 Å². The highest BCUT2D eigenvalue weighted by atomic mass is 16.1. The molecule has 0 aliphatic heterocycles. The Kier molecular flexibility index (Phi) is 2.21. The summed E-state index contributed by atoms with van der Waals surface area (Å²) in [5.74, 6) is 0.545. The number of nitrogen functional groups attached to an aromatic ring is 1. The molecule has 4 N–H and O–H groups in total. The number of hydrogen-bond acceptors (Lipinski definition) is 2. The lowest BCUT2D eigenvalue weighted by molar-refractivity contribution is 0.0946. The lowest BCUT2D eigenvalue weighted by Crippen LogP contribution is -2.26. The van der Waals surface area contributed by atoms with E-state index in [-0.39, 0.29) is 5.91 Å². The Balaban J connectivity index is 1.83. The van der Waals surface area contributed by atoms with E-state index in [1.165, 1.54) is 6.42 Å². The number of aromatic nitrogens is 1. The Morgan fingerprint density at radius 3 is 2.87 bits per heavy atom. The smallest absolute Gasteiger partial charge is 0.267 e. The van der Waals surface area contributed by atoms with Crippen molar-refractivity contribution < 1.29 is 4.79 Å². The van der Waals surface area contributed by atoms with E-state index in [4.69, 9.17) is 5.73 Å². The highest BCUT2D eigenvalue weighted by Gasteiger charge is 2.45. The number of nitrogens with one attached hydrogen (secondary N) is 2. The summed E-state index contributed by atoms with van der Waals surface area (Å²) >= 11 is 0. The largest absolute Gasteiger partial charge is 0.397 e. The van der Waals surface area contributed by atoms with Crippen LogP contribution in [0.5, 0.6) is 0 Å². The summed E-state index contributed by atoms with van der Waals surface area (Å²) in [6.45, 7) is 5.19. The van der Waals surface area contributed by atoms with Gasteiger partial charge in [0, 0.05) is 18.4 Å². The monoisotopic (exact) mass is 207 g/mol. The van der Waals surface area contributed by atoms with Crippen molar-refractivity contribution in [1.29, 1.82) is 0 Å². The lowest BCUT2D eigenvalue weighted by Gasteiger charge is -2.04. The van der Waals surface area contributed by atoms with Crippen molar-refractivity contribution in [1.82, 2.24) is 10.3 Å². The van der Waals surface area contributed by atoms with E-state index in [0.717, 1.165) is 6.54 Å². The van der Waals surface area contributed by atoms with Crippen LogP contribution in [0, 0.1) is 11.3 Å². The van der Waals surface area contributed by atoms with E-state index >= 15 is 0 Å². The van der Waals surface area contributed by atoms with E-state index in [2.05, 4.69) is 24.1 Å². The highest BCUT2D eigenvalue weighted by Crippen LogP contribution is 2.50. The van der Waals surface area contributed by atoms with Gasteiger partial charge in [-0.3, -0.25) is 4.79 Å². The second kappa shape index (κ2) is 3.29. The SMILES string of the molecule is CC1(C)CC1CNC(=O)c1cc(N)c[nH]1. The molecule has 0 saturated heterocycles. The van der Waals surface area contributed by atoms with Gasteiger partial charge in [-0.25, -0.2) is 0 Å². The molecule has 4 nitrogen and oxygen atoms in total. The van der Waals surface area contributed by atoms with Crippen molar-refractivity contribution in [3.8, 4) is 0 Å². The zero-order chi connectivity index (χ0) is 11.1. The number of anilines is 1. The second-order valence-electron chi connectivity index (χ2n) is 4.95. The summed E-state index contributed by atoms with van der Waals surface area (Å²) in [6.07, 6.45) is 2.82. The van der Waals surface area contributed by atoms with Crippen LogP contribution >= 0.6 is 0 Å². The van der Waals surface area contributed by atoms with Gasteiger partial charge in [0.1, 0.15) is 5.69 Å². The summed E-state index contributed by atoms with van der Waals surface area (Å²) in [5, 5.41) is 2.90. The normalized spacial score (nSPS) is 22.4. The van der Waals surface area contributed by atoms with Crippen LogP contribution in [0.25, 0.3) is 0 Å². The molecule has 1 aromatic rings. The van der Waals surface area contributed by atoms with Gasteiger partial charge >= 0.3 is 0 Å². The van der Waals surface area contributed by atoms with E-state index in [1.807, 2.05) is 0 Å². The van der Waals surface area contributed by atoms with Gasteiger partial charge in [-0.2, -0.15) is 0 Å². The minimum Gasteiger partial charge on any atom is -0.397 e. The van der Waals surface area contributed by atoms with Gasteiger partial charge in [0.25, 0.3) is 5.91 Å². The average Bonchev–Trinajstić information content (AvgIpc) is 2.59. The van der Waals surface area contributed by atoms with Crippen molar-refractivity contribution in [3.63, 3.8) is 0 Å². The van der Waals surface area contributed by atoms with E-state index in [9.17, 15) is 4.79 Å². The van der Waals surface area contributed by atoms with Crippen molar-refractivity contribution in [2.24, 2.45) is 11.3 Å². The molecule has 0 radical (unpaired) electrons. The van der Waals surface area contributed by atoms with E-state index in [1.54, 1.807) is 12.3 Å². The van der Waals surface area contributed by atoms with Crippen LogP contribution in [-0.4, -0.2) is 17.4 Å². The molecule has 1 saturated carbocycles. The highest BCUT2D eigenvalue weighted by molar-refractivity contribution is 5.93. The summed E-state index contributed by atoms with van der Waals surface area (Å²) < 4.78 is 0. The number of carbonyl (C=O) groups excluding carboxylic acids is 1. The van der Waals surface area contributed by atoms with Crippen molar-refractivity contribution >= 4 is 11.6 Å². The number of rotatable bonds is 3. The summed E-state index contributed by atoms with van der Waals surface area (Å²) in [6, 6.07) is 1.65. The number of hydrogen-bond donors (Lipinski definition) is 3. The third kappa shape index (κ3) is 2.14. The van der Waals surface area contributed by atoms with Crippen LogP contribution in [0.3, 0.4) is 0 Å². The third-order valence-corrected chi connectivity index (χ3v) is 3.18. The molecule has 1 aliphatic rings. The second-order valence-corrected chi connectivity index (χ2v) is 4.95. The maximum absolute atomic E-state index is 11.6. The first-order chi connectivity index (χ1) is 6.99. The standard InChI is InChI=1S/C11H17N3O/c1-11(2)4-7(11)5-14-10(15)9-3-8(12)6-13-9/h3,6-7,13H,4-5,12H2,1-2H3,(H,14,15). The Morgan fingerprint density at radius 2 is 2.40 bits per heavy atom. The molecule has 4 heteroatoms. The number of amides is 1. The zero-order valence-electron chi connectivity index (χ0n) is 9.13. The molecule has 1 aromatic heterocycles. The Morgan fingerprint density at radius 1 is 1.73 bits per heavy atom. The van der Waals surface area contributed by atoms with E-state index < -0.39 is 0 Å². The van der Waals surface area contributed by atoms with Crippen molar-refractivity contribution in [3.05, 3.63) is 18.0 Å². The Hall–Kier alpha value is -1.45. The topological polar surface area (TPSA) is 70.9 Å². The number of carbonyl (C=O) groups is 1. The van der Waals surface area contributed by atoms with E-state index in [0.29, 0.717) is 22.7 Å². The molecule has 82 valence electrons. The molecule has 0 aromatic carbocycles. The maximum atomic E-state index is 11.6. The Bertz CT molecular complexity index is 381. The van der Waals surface area contributed by atoms with Gasteiger partial charge in [0.15, 0.2) is 0 Å². The van der Waals surface area contributed by atoms with Crippen molar-refractivity contribution in [2.75, 3.05) is 12.3 Å². The van der Waals surface area contributed by atoms with Gasteiger partial charge in [-0.15, -0.1) is 0 Å². The molecule has 1 unspecified atom stereocenters. The minimum absolute atomic E-state index is 0.0746. The first kappa shape index (κ1) is 10.1. The van der Waals surface area contributed by atoms with Crippen LogP contribution in [0.2, 0.25) is 0 Å². The number of nitrogens with two attached hydrogens (primary N) is 1. The average molecular weight is 207 g/mol. The quantitative estimate of drug-likeness (QED) is 0.700. The molecular formula is C11H17N3O.